The van der Waals surface area contributed by atoms with Crippen LogP contribution in [0.3, 0.4) is 0 Å². The third-order valence-corrected chi connectivity index (χ3v) is 2.81. The van der Waals surface area contributed by atoms with Gasteiger partial charge in [0.1, 0.15) is 0 Å². The van der Waals surface area contributed by atoms with Crippen LogP contribution < -0.4 is 11.1 Å². The zero-order chi connectivity index (χ0) is 10.4. The first-order valence-electron chi connectivity index (χ1n) is 5.81. The van der Waals surface area contributed by atoms with Gasteiger partial charge in [-0.1, -0.05) is 6.42 Å². The topological polar surface area (TPSA) is 47.3 Å². The molecule has 0 aromatic heterocycles. The Morgan fingerprint density at radius 3 is 2.93 bits per heavy atom. The van der Waals surface area contributed by atoms with Gasteiger partial charge in [-0.25, -0.2) is 0 Å². The third kappa shape index (κ3) is 4.40. The molecule has 0 radical (unpaired) electrons. The van der Waals surface area contributed by atoms with Gasteiger partial charge in [-0.05, 0) is 33.1 Å². The molecule has 0 amide bonds. The number of hydrogen-bond donors (Lipinski definition) is 2. The van der Waals surface area contributed by atoms with E-state index in [-0.39, 0.29) is 0 Å². The van der Waals surface area contributed by atoms with E-state index in [0.717, 1.165) is 19.6 Å². The molecule has 1 saturated carbocycles. The van der Waals surface area contributed by atoms with Gasteiger partial charge in [-0.15, -0.1) is 0 Å². The maximum absolute atomic E-state index is 5.93. The lowest BCUT2D eigenvalue weighted by Gasteiger charge is -2.30. The molecule has 3 heteroatoms. The van der Waals surface area contributed by atoms with Crippen molar-refractivity contribution in [3.8, 4) is 0 Å². The second-order valence-corrected chi connectivity index (χ2v) is 4.35. The molecule has 0 heterocycles. The van der Waals surface area contributed by atoms with Crippen LogP contribution in [-0.4, -0.2) is 31.3 Å². The standard InChI is InChI=1S/C11H24N2O/c1-3-14-8-9(2)13-11-6-4-5-10(12)7-11/h9-11,13H,3-8,12H2,1-2H3. The molecule has 1 aliphatic carbocycles. The number of ether oxygens (including phenoxy) is 1. The molecule has 0 saturated heterocycles. The summed E-state index contributed by atoms with van der Waals surface area (Å²) in [6, 6.07) is 1.46. The lowest BCUT2D eigenvalue weighted by Crippen LogP contribution is -2.44. The fourth-order valence-corrected chi connectivity index (χ4v) is 2.12. The summed E-state index contributed by atoms with van der Waals surface area (Å²) in [6.45, 7) is 5.82. The predicted molar refractivity (Wildman–Crippen MR) is 59.3 cm³/mol. The van der Waals surface area contributed by atoms with Gasteiger partial charge >= 0.3 is 0 Å². The van der Waals surface area contributed by atoms with Gasteiger partial charge in [0.25, 0.3) is 0 Å². The second-order valence-electron chi connectivity index (χ2n) is 4.35. The van der Waals surface area contributed by atoms with Crippen molar-refractivity contribution in [1.82, 2.24) is 5.32 Å². The summed E-state index contributed by atoms with van der Waals surface area (Å²) in [6.07, 6.45) is 4.85. The Kier molecular flexibility index (Phi) is 5.45. The molecule has 84 valence electrons. The molecule has 3 nitrogen and oxygen atoms in total. The molecule has 3 N–H and O–H groups in total. The van der Waals surface area contributed by atoms with Crippen molar-refractivity contribution in [3.63, 3.8) is 0 Å². The van der Waals surface area contributed by atoms with E-state index >= 15 is 0 Å². The van der Waals surface area contributed by atoms with E-state index in [9.17, 15) is 0 Å². The summed E-state index contributed by atoms with van der Waals surface area (Å²) in [5, 5.41) is 3.58. The van der Waals surface area contributed by atoms with Crippen LogP contribution in [0.5, 0.6) is 0 Å². The second kappa shape index (κ2) is 6.38. The highest BCUT2D eigenvalue weighted by atomic mass is 16.5. The summed E-state index contributed by atoms with van der Waals surface area (Å²) in [4.78, 5) is 0. The third-order valence-electron chi connectivity index (χ3n) is 2.81. The largest absolute Gasteiger partial charge is 0.380 e. The molecule has 1 rings (SSSR count). The highest BCUT2D eigenvalue weighted by molar-refractivity contribution is 4.81. The van der Waals surface area contributed by atoms with Gasteiger partial charge in [0.2, 0.25) is 0 Å². The molecule has 0 aliphatic heterocycles. The van der Waals surface area contributed by atoms with E-state index in [2.05, 4.69) is 12.2 Å². The molecular formula is C11H24N2O. The van der Waals surface area contributed by atoms with Crippen LogP contribution in [-0.2, 0) is 4.74 Å². The van der Waals surface area contributed by atoms with Gasteiger partial charge in [-0.2, -0.15) is 0 Å². The molecule has 0 spiro atoms. The van der Waals surface area contributed by atoms with Crippen LogP contribution in [0.1, 0.15) is 39.5 Å². The fraction of sp³-hybridized carbons (Fsp3) is 1.00. The zero-order valence-corrected chi connectivity index (χ0v) is 9.46. The first kappa shape index (κ1) is 12.0. The quantitative estimate of drug-likeness (QED) is 0.702. The Labute approximate surface area is 87.4 Å². The highest BCUT2D eigenvalue weighted by Crippen LogP contribution is 2.17. The normalized spacial score (nSPS) is 30.2. The van der Waals surface area contributed by atoms with E-state index in [1.807, 2.05) is 6.92 Å². The van der Waals surface area contributed by atoms with Gasteiger partial charge < -0.3 is 15.8 Å². The average molecular weight is 200 g/mol. The Morgan fingerprint density at radius 1 is 1.50 bits per heavy atom. The predicted octanol–water partition coefficient (Wildman–Crippen LogP) is 1.27. The van der Waals surface area contributed by atoms with Crippen molar-refractivity contribution in [1.29, 1.82) is 0 Å². The van der Waals surface area contributed by atoms with Crippen molar-refractivity contribution in [2.24, 2.45) is 5.73 Å². The summed E-state index contributed by atoms with van der Waals surface area (Å²) in [5.74, 6) is 0. The molecule has 14 heavy (non-hydrogen) atoms. The van der Waals surface area contributed by atoms with E-state index in [0.29, 0.717) is 18.1 Å². The number of rotatable bonds is 5. The maximum atomic E-state index is 5.93. The number of hydrogen-bond acceptors (Lipinski definition) is 3. The molecule has 0 aromatic carbocycles. The van der Waals surface area contributed by atoms with Crippen molar-refractivity contribution < 1.29 is 4.74 Å². The molecular weight excluding hydrogens is 176 g/mol. The molecule has 0 bridgehead atoms. The van der Waals surface area contributed by atoms with E-state index in [1.165, 1.54) is 19.3 Å². The van der Waals surface area contributed by atoms with Crippen molar-refractivity contribution in [3.05, 3.63) is 0 Å². The SMILES string of the molecule is CCOCC(C)NC1CCCC(N)C1. The Hall–Kier alpha value is -0.120. The lowest BCUT2D eigenvalue weighted by atomic mass is 9.91. The average Bonchev–Trinajstić information content (AvgIpc) is 2.15. The summed E-state index contributed by atoms with van der Waals surface area (Å²) < 4.78 is 5.37. The van der Waals surface area contributed by atoms with Gasteiger partial charge in [0.15, 0.2) is 0 Å². The highest BCUT2D eigenvalue weighted by Gasteiger charge is 2.20. The lowest BCUT2D eigenvalue weighted by molar-refractivity contribution is 0.120. The zero-order valence-electron chi connectivity index (χ0n) is 9.46. The first-order valence-corrected chi connectivity index (χ1v) is 5.81. The van der Waals surface area contributed by atoms with Crippen molar-refractivity contribution >= 4 is 0 Å². The molecule has 1 aliphatic rings. The van der Waals surface area contributed by atoms with Gasteiger partial charge in [0.05, 0.1) is 6.61 Å². The van der Waals surface area contributed by atoms with Crippen LogP contribution >= 0.6 is 0 Å². The molecule has 1 fully saturated rings. The van der Waals surface area contributed by atoms with Crippen LogP contribution in [0.2, 0.25) is 0 Å². The van der Waals surface area contributed by atoms with Crippen LogP contribution in [0.25, 0.3) is 0 Å². The van der Waals surface area contributed by atoms with Crippen molar-refractivity contribution in [2.75, 3.05) is 13.2 Å². The minimum atomic E-state index is 0.403. The number of nitrogens with one attached hydrogen (secondary N) is 1. The maximum Gasteiger partial charge on any atom is 0.0616 e. The van der Waals surface area contributed by atoms with Crippen molar-refractivity contribution in [2.45, 2.75) is 57.7 Å². The number of nitrogens with two attached hydrogens (primary N) is 1. The first-order chi connectivity index (χ1) is 6.72. The monoisotopic (exact) mass is 200 g/mol. The minimum Gasteiger partial charge on any atom is -0.380 e. The van der Waals surface area contributed by atoms with E-state index in [4.69, 9.17) is 10.5 Å². The Balaban J connectivity index is 2.15. The molecule has 3 atom stereocenters. The van der Waals surface area contributed by atoms with Crippen LogP contribution in [0.15, 0.2) is 0 Å². The molecule has 3 unspecified atom stereocenters. The summed E-state index contributed by atoms with van der Waals surface area (Å²) in [7, 11) is 0. The molecule has 0 aromatic rings. The fourth-order valence-electron chi connectivity index (χ4n) is 2.12. The summed E-state index contributed by atoms with van der Waals surface area (Å²) in [5.41, 5.74) is 5.93. The Bertz CT molecular complexity index is 152. The van der Waals surface area contributed by atoms with Gasteiger partial charge in [-0.3, -0.25) is 0 Å². The van der Waals surface area contributed by atoms with Crippen LogP contribution in [0, 0.1) is 0 Å². The van der Waals surface area contributed by atoms with E-state index in [1.54, 1.807) is 0 Å². The smallest absolute Gasteiger partial charge is 0.0616 e. The Morgan fingerprint density at radius 2 is 2.29 bits per heavy atom. The minimum absolute atomic E-state index is 0.403. The van der Waals surface area contributed by atoms with Gasteiger partial charge in [0, 0.05) is 24.7 Å². The van der Waals surface area contributed by atoms with Crippen LogP contribution in [0.4, 0.5) is 0 Å². The summed E-state index contributed by atoms with van der Waals surface area (Å²) >= 11 is 0. The van der Waals surface area contributed by atoms with E-state index < -0.39 is 0 Å².